The van der Waals surface area contributed by atoms with E-state index < -0.39 is 6.10 Å². The number of carbonyl (C=O) groups is 1. The zero-order valence-corrected chi connectivity index (χ0v) is 14.3. The molecule has 0 unspecified atom stereocenters. The zero-order valence-electron chi connectivity index (χ0n) is 14.3. The first-order chi connectivity index (χ1) is 12.0. The van der Waals surface area contributed by atoms with Crippen molar-refractivity contribution in [2.45, 2.75) is 26.1 Å². The van der Waals surface area contributed by atoms with E-state index in [1.54, 1.807) is 24.4 Å². The molecule has 1 atom stereocenters. The molecule has 0 spiro atoms. The number of ether oxygens (including phenoxy) is 1. The molecule has 0 bridgehead atoms. The van der Waals surface area contributed by atoms with Crippen molar-refractivity contribution >= 4 is 16.8 Å². The van der Waals surface area contributed by atoms with Crippen LogP contribution in [0, 0.1) is 0 Å². The number of H-pyrrole nitrogens is 1. The number of rotatable bonds is 6. The average Bonchev–Trinajstić information content (AvgIpc) is 3.08. The second-order valence-electron chi connectivity index (χ2n) is 6.21. The van der Waals surface area contributed by atoms with Crippen LogP contribution in [0.1, 0.15) is 35.9 Å². The fourth-order valence-electron chi connectivity index (χ4n) is 2.72. The van der Waals surface area contributed by atoms with E-state index in [-0.39, 0.29) is 18.6 Å². The van der Waals surface area contributed by atoms with E-state index in [4.69, 9.17) is 4.74 Å². The minimum Gasteiger partial charge on any atom is -0.491 e. The fourth-order valence-corrected chi connectivity index (χ4v) is 2.72. The van der Waals surface area contributed by atoms with Gasteiger partial charge in [-0.25, -0.2) is 0 Å². The van der Waals surface area contributed by atoms with Crippen molar-refractivity contribution in [1.82, 2.24) is 10.3 Å². The van der Waals surface area contributed by atoms with E-state index in [0.717, 1.165) is 22.2 Å². The molecule has 1 amide bonds. The summed E-state index contributed by atoms with van der Waals surface area (Å²) in [5.41, 5.74) is 2.09. The Morgan fingerprint density at radius 2 is 1.92 bits per heavy atom. The number of para-hydroxylation sites is 1. The standard InChI is InChI=1S/C20H22N2O3/c1-13(2)25-16-8-6-14(7-9-16)18(23)12-22-20(24)17-5-3-4-15-10-11-21-19(15)17/h3-11,13,18,21,23H,12H2,1-2H3,(H,22,24)/t18-/m1/s1. The lowest BCUT2D eigenvalue weighted by atomic mass is 10.1. The van der Waals surface area contributed by atoms with E-state index in [1.807, 2.05) is 44.2 Å². The molecule has 0 radical (unpaired) electrons. The predicted molar refractivity (Wildman–Crippen MR) is 97.8 cm³/mol. The van der Waals surface area contributed by atoms with Crippen LogP contribution < -0.4 is 10.1 Å². The highest BCUT2D eigenvalue weighted by molar-refractivity contribution is 6.05. The number of hydrogen-bond acceptors (Lipinski definition) is 3. The Morgan fingerprint density at radius 3 is 2.64 bits per heavy atom. The Balaban J connectivity index is 1.62. The van der Waals surface area contributed by atoms with Crippen LogP contribution in [0.15, 0.2) is 54.7 Å². The van der Waals surface area contributed by atoms with Crippen LogP contribution in [0.5, 0.6) is 5.75 Å². The van der Waals surface area contributed by atoms with Gasteiger partial charge in [-0.05, 0) is 43.7 Å². The maximum absolute atomic E-state index is 12.4. The molecule has 0 saturated heterocycles. The molecule has 130 valence electrons. The summed E-state index contributed by atoms with van der Waals surface area (Å²) in [5.74, 6) is 0.542. The summed E-state index contributed by atoms with van der Waals surface area (Å²) in [4.78, 5) is 15.5. The minimum atomic E-state index is -0.778. The Morgan fingerprint density at radius 1 is 1.16 bits per heavy atom. The third-order valence-electron chi connectivity index (χ3n) is 3.92. The summed E-state index contributed by atoms with van der Waals surface area (Å²) in [6, 6.07) is 14.7. The summed E-state index contributed by atoms with van der Waals surface area (Å²) < 4.78 is 5.58. The summed E-state index contributed by atoms with van der Waals surface area (Å²) in [5, 5.41) is 14.1. The topological polar surface area (TPSA) is 74.3 Å². The normalized spacial score (nSPS) is 12.3. The molecule has 1 aromatic heterocycles. The highest BCUT2D eigenvalue weighted by atomic mass is 16.5. The van der Waals surface area contributed by atoms with Gasteiger partial charge in [-0.3, -0.25) is 4.79 Å². The van der Waals surface area contributed by atoms with Crippen LogP contribution in [0.25, 0.3) is 10.9 Å². The quantitative estimate of drug-likeness (QED) is 0.645. The van der Waals surface area contributed by atoms with Gasteiger partial charge in [0.1, 0.15) is 5.75 Å². The second-order valence-corrected chi connectivity index (χ2v) is 6.21. The average molecular weight is 338 g/mol. The van der Waals surface area contributed by atoms with Crippen molar-refractivity contribution in [2.24, 2.45) is 0 Å². The minimum absolute atomic E-state index is 0.103. The third kappa shape index (κ3) is 4.00. The van der Waals surface area contributed by atoms with Gasteiger partial charge < -0.3 is 20.1 Å². The first kappa shape index (κ1) is 17.0. The zero-order chi connectivity index (χ0) is 17.8. The fraction of sp³-hybridized carbons (Fsp3) is 0.250. The molecule has 3 N–H and O–H groups in total. The number of nitrogens with one attached hydrogen (secondary N) is 2. The van der Waals surface area contributed by atoms with Gasteiger partial charge in [0, 0.05) is 18.1 Å². The van der Waals surface area contributed by atoms with Crippen LogP contribution in [0.3, 0.4) is 0 Å². The van der Waals surface area contributed by atoms with Crippen molar-refractivity contribution in [1.29, 1.82) is 0 Å². The van der Waals surface area contributed by atoms with E-state index in [0.29, 0.717) is 5.56 Å². The SMILES string of the molecule is CC(C)Oc1ccc([C@H](O)CNC(=O)c2cccc3cc[nH]c23)cc1. The molecule has 5 nitrogen and oxygen atoms in total. The van der Waals surface area contributed by atoms with Crippen LogP contribution >= 0.6 is 0 Å². The van der Waals surface area contributed by atoms with Crippen molar-refractivity contribution in [3.8, 4) is 5.75 Å². The van der Waals surface area contributed by atoms with Gasteiger partial charge in [-0.15, -0.1) is 0 Å². The van der Waals surface area contributed by atoms with E-state index >= 15 is 0 Å². The first-order valence-corrected chi connectivity index (χ1v) is 8.33. The Kier molecular flexibility index (Phi) is 5.05. The maximum atomic E-state index is 12.4. The Hall–Kier alpha value is -2.79. The molecule has 0 aliphatic heterocycles. The van der Waals surface area contributed by atoms with Crippen LogP contribution in [-0.2, 0) is 0 Å². The van der Waals surface area contributed by atoms with E-state index in [9.17, 15) is 9.90 Å². The number of benzene rings is 2. The molecular formula is C20H22N2O3. The van der Waals surface area contributed by atoms with Crippen molar-refractivity contribution in [3.63, 3.8) is 0 Å². The van der Waals surface area contributed by atoms with Gasteiger partial charge in [0.05, 0.1) is 23.3 Å². The molecule has 2 aromatic carbocycles. The molecule has 5 heteroatoms. The van der Waals surface area contributed by atoms with Crippen molar-refractivity contribution in [3.05, 3.63) is 65.9 Å². The molecular weight excluding hydrogens is 316 g/mol. The number of aliphatic hydroxyl groups is 1. The molecule has 1 heterocycles. The summed E-state index contributed by atoms with van der Waals surface area (Å²) in [7, 11) is 0. The smallest absolute Gasteiger partial charge is 0.253 e. The maximum Gasteiger partial charge on any atom is 0.253 e. The van der Waals surface area contributed by atoms with E-state index in [1.165, 1.54) is 0 Å². The highest BCUT2D eigenvalue weighted by Gasteiger charge is 2.13. The number of fused-ring (bicyclic) bond motifs is 1. The van der Waals surface area contributed by atoms with Gasteiger partial charge in [-0.1, -0.05) is 24.3 Å². The summed E-state index contributed by atoms with van der Waals surface area (Å²) in [6.45, 7) is 4.06. The lowest BCUT2D eigenvalue weighted by molar-refractivity contribution is 0.0917. The number of amides is 1. The molecule has 25 heavy (non-hydrogen) atoms. The summed E-state index contributed by atoms with van der Waals surface area (Å²) >= 11 is 0. The van der Waals surface area contributed by atoms with Crippen LogP contribution in [0.4, 0.5) is 0 Å². The molecule has 0 aliphatic carbocycles. The van der Waals surface area contributed by atoms with Gasteiger partial charge >= 0.3 is 0 Å². The highest BCUT2D eigenvalue weighted by Crippen LogP contribution is 2.19. The van der Waals surface area contributed by atoms with Gasteiger partial charge in [0.2, 0.25) is 0 Å². The van der Waals surface area contributed by atoms with Crippen molar-refractivity contribution < 1.29 is 14.6 Å². The Bertz CT molecular complexity index is 853. The monoisotopic (exact) mass is 338 g/mol. The third-order valence-corrected chi connectivity index (χ3v) is 3.92. The molecule has 0 saturated carbocycles. The molecule has 0 aliphatic rings. The van der Waals surface area contributed by atoms with Crippen LogP contribution in [0.2, 0.25) is 0 Å². The Labute approximate surface area is 146 Å². The van der Waals surface area contributed by atoms with Crippen molar-refractivity contribution in [2.75, 3.05) is 6.54 Å². The number of aromatic amines is 1. The lowest BCUT2D eigenvalue weighted by Crippen LogP contribution is -2.28. The van der Waals surface area contributed by atoms with Gasteiger partial charge in [-0.2, -0.15) is 0 Å². The number of aromatic nitrogens is 1. The number of aliphatic hydroxyl groups excluding tert-OH is 1. The first-order valence-electron chi connectivity index (χ1n) is 8.33. The lowest BCUT2D eigenvalue weighted by Gasteiger charge is -2.14. The number of hydrogen-bond donors (Lipinski definition) is 3. The largest absolute Gasteiger partial charge is 0.491 e. The van der Waals surface area contributed by atoms with Crippen LogP contribution in [-0.4, -0.2) is 28.6 Å². The second kappa shape index (κ2) is 7.40. The number of carbonyl (C=O) groups excluding carboxylic acids is 1. The molecule has 0 fully saturated rings. The van der Waals surface area contributed by atoms with Gasteiger partial charge in [0.25, 0.3) is 5.91 Å². The van der Waals surface area contributed by atoms with Gasteiger partial charge in [0.15, 0.2) is 0 Å². The van der Waals surface area contributed by atoms with E-state index in [2.05, 4.69) is 10.3 Å². The molecule has 3 aromatic rings. The molecule has 3 rings (SSSR count). The summed E-state index contributed by atoms with van der Waals surface area (Å²) in [6.07, 6.45) is 1.13. The predicted octanol–water partition coefficient (Wildman–Crippen LogP) is 3.42.